The Kier molecular flexibility index (Phi) is 4.16. The molecule has 1 amide bonds. The minimum atomic E-state index is -2.66. The number of hydrogen-bond donors (Lipinski definition) is 0. The lowest BCUT2D eigenvalue weighted by Crippen LogP contribution is -2.56. The van der Waals surface area contributed by atoms with Crippen LogP contribution >= 0.6 is 0 Å². The molecule has 2 fully saturated rings. The molecule has 23 heavy (non-hydrogen) atoms. The number of anilines is 1. The van der Waals surface area contributed by atoms with Crippen molar-refractivity contribution in [1.82, 2.24) is 14.9 Å². The first-order valence-corrected chi connectivity index (χ1v) is 7.82. The second kappa shape index (κ2) is 5.98. The summed E-state index contributed by atoms with van der Waals surface area (Å²) in [4.78, 5) is 23.3. The molecule has 0 radical (unpaired) electrons. The molecule has 0 saturated carbocycles. The van der Waals surface area contributed by atoms with Crippen LogP contribution in [0.5, 0.6) is 0 Å². The highest BCUT2D eigenvalue weighted by atomic mass is 19.3. The van der Waals surface area contributed by atoms with Crippen LogP contribution in [0.3, 0.4) is 0 Å². The average molecular weight is 328 g/mol. The standard InChI is InChI=1S/C15H19F3N4O/c1-2-11-12(16)13(20-9-19-11)22-7-10(8-22)14(23)21-5-3-15(17,18)4-6-21/h9-10H,2-8H2,1H3. The van der Waals surface area contributed by atoms with Crippen LogP contribution in [0.2, 0.25) is 0 Å². The average Bonchev–Trinajstić information content (AvgIpc) is 2.47. The molecule has 0 N–H and O–H groups in total. The van der Waals surface area contributed by atoms with E-state index >= 15 is 0 Å². The summed E-state index contributed by atoms with van der Waals surface area (Å²) in [5, 5.41) is 0. The first-order valence-electron chi connectivity index (χ1n) is 7.82. The van der Waals surface area contributed by atoms with E-state index in [4.69, 9.17) is 0 Å². The number of piperidine rings is 1. The van der Waals surface area contributed by atoms with Gasteiger partial charge in [0.15, 0.2) is 11.6 Å². The Morgan fingerprint density at radius 1 is 1.30 bits per heavy atom. The van der Waals surface area contributed by atoms with Crippen LogP contribution in [0.15, 0.2) is 6.33 Å². The van der Waals surface area contributed by atoms with Gasteiger partial charge in [0.25, 0.3) is 5.92 Å². The maximum absolute atomic E-state index is 14.2. The number of carbonyl (C=O) groups excluding carboxylic acids is 1. The van der Waals surface area contributed by atoms with Gasteiger partial charge in [-0.2, -0.15) is 0 Å². The third kappa shape index (κ3) is 3.11. The van der Waals surface area contributed by atoms with E-state index in [1.54, 1.807) is 4.90 Å². The molecule has 0 unspecified atom stereocenters. The van der Waals surface area contributed by atoms with Crippen molar-refractivity contribution >= 4 is 11.7 Å². The van der Waals surface area contributed by atoms with E-state index in [0.717, 1.165) is 0 Å². The molecule has 126 valence electrons. The van der Waals surface area contributed by atoms with E-state index in [9.17, 15) is 18.0 Å². The fourth-order valence-electron chi connectivity index (χ4n) is 2.98. The normalized spacial score (nSPS) is 21.2. The van der Waals surface area contributed by atoms with E-state index in [-0.39, 0.29) is 43.6 Å². The molecule has 2 aliphatic heterocycles. The van der Waals surface area contributed by atoms with Gasteiger partial charge in [-0.1, -0.05) is 6.92 Å². The van der Waals surface area contributed by atoms with E-state index in [1.165, 1.54) is 11.2 Å². The lowest BCUT2D eigenvalue weighted by atomic mass is 9.96. The third-order valence-corrected chi connectivity index (χ3v) is 4.52. The Balaban J connectivity index is 1.58. The van der Waals surface area contributed by atoms with Crippen molar-refractivity contribution in [2.24, 2.45) is 5.92 Å². The molecule has 0 spiro atoms. The summed E-state index contributed by atoms with van der Waals surface area (Å²) < 4.78 is 40.4. The Bertz CT molecular complexity index is 594. The van der Waals surface area contributed by atoms with Crippen LogP contribution in [0.25, 0.3) is 0 Å². The van der Waals surface area contributed by atoms with Crippen LogP contribution in [0.4, 0.5) is 19.0 Å². The van der Waals surface area contributed by atoms with Gasteiger partial charge in [-0.15, -0.1) is 0 Å². The number of amides is 1. The summed E-state index contributed by atoms with van der Waals surface area (Å²) in [7, 11) is 0. The van der Waals surface area contributed by atoms with Crippen molar-refractivity contribution < 1.29 is 18.0 Å². The van der Waals surface area contributed by atoms with Crippen LogP contribution in [-0.2, 0) is 11.2 Å². The number of alkyl halides is 2. The summed E-state index contributed by atoms with van der Waals surface area (Å²) in [6.07, 6.45) is 1.23. The fourth-order valence-corrected chi connectivity index (χ4v) is 2.98. The summed E-state index contributed by atoms with van der Waals surface area (Å²) in [6.45, 7) is 2.71. The second-order valence-corrected chi connectivity index (χ2v) is 6.09. The zero-order valence-electron chi connectivity index (χ0n) is 12.9. The van der Waals surface area contributed by atoms with Gasteiger partial charge in [-0.25, -0.2) is 23.1 Å². The number of nitrogens with zero attached hydrogens (tertiary/aromatic N) is 4. The monoisotopic (exact) mass is 328 g/mol. The van der Waals surface area contributed by atoms with Crippen LogP contribution in [0.1, 0.15) is 25.5 Å². The SMILES string of the molecule is CCc1ncnc(N2CC(C(=O)N3CCC(F)(F)CC3)C2)c1F. The highest BCUT2D eigenvalue weighted by Gasteiger charge is 2.41. The maximum atomic E-state index is 14.2. The van der Waals surface area contributed by atoms with Gasteiger partial charge in [0.1, 0.15) is 6.33 Å². The number of rotatable bonds is 3. The van der Waals surface area contributed by atoms with E-state index in [2.05, 4.69) is 9.97 Å². The minimum Gasteiger partial charge on any atom is -0.352 e. The largest absolute Gasteiger partial charge is 0.352 e. The molecule has 3 rings (SSSR count). The van der Waals surface area contributed by atoms with Gasteiger partial charge in [0.05, 0.1) is 11.6 Å². The van der Waals surface area contributed by atoms with Gasteiger partial charge in [-0.3, -0.25) is 4.79 Å². The van der Waals surface area contributed by atoms with E-state index < -0.39 is 11.7 Å². The highest BCUT2D eigenvalue weighted by molar-refractivity contribution is 5.82. The summed E-state index contributed by atoms with van der Waals surface area (Å²) >= 11 is 0. The molecule has 2 saturated heterocycles. The van der Waals surface area contributed by atoms with Gasteiger partial charge < -0.3 is 9.80 Å². The summed E-state index contributed by atoms with van der Waals surface area (Å²) in [6, 6.07) is 0. The Hall–Kier alpha value is -1.86. The topological polar surface area (TPSA) is 49.3 Å². The maximum Gasteiger partial charge on any atom is 0.251 e. The Morgan fingerprint density at radius 2 is 1.96 bits per heavy atom. The lowest BCUT2D eigenvalue weighted by molar-refractivity contribution is -0.142. The van der Waals surface area contributed by atoms with Crippen molar-refractivity contribution in [2.75, 3.05) is 31.1 Å². The molecule has 2 aliphatic rings. The first-order chi connectivity index (χ1) is 10.9. The number of aryl methyl sites for hydroxylation is 1. The quantitative estimate of drug-likeness (QED) is 0.850. The molecule has 3 heterocycles. The van der Waals surface area contributed by atoms with Crippen LogP contribution in [-0.4, -0.2) is 52.9 Å². The minimum absolute atomic E-state index is 0.0875. The van der Waals surface area contributed by atoms with Crippen molar-refractivity contribution in [3.63, 3.8) is 0 Å². The molecule has 0 aromatic carbocycles. The predicted octanol–water partition coefficient (Wildman–Crippen LogP) is 1.87. The van der Waals surface area contributed by atoms with Gasteiger partial charge in [-0.05, 0) is 6.42 Å². The smallest absolute Gasteiger partial charge is 0.251 e. The molecular weight excluding hydrogens is 309 g/mol. The van der Waals surface area contributed by atoms with Crippen molar-refractivity contribution in [1.29, 1.82) is 0 Å². The Labute approximate surface area is 132 Å². The van der Waals surface area contributed by atoms with Gasteiger partial charge in [0, 0.05) is 39.0 Å². The molecular formula is C15H19F3N4O. The number of likely N-dealkylation sites (tertiary alicyclic amines) is 1. The zero-order chi connectivity index (χ0) is 16.6. The number of hydrogen-bond acceptors (Lipinski definition) is 4. The molecule has 1 aromatic rings. The molecule has 0 atom stereocenters. The first kappa shape index (κ1) is 16.0. The second-order valence-electron chi connectivity index (χ2n) is 6.09. The fraction of sp³-hybridized carbons (Fsp3) is 0.667. The van der Waals surface area contributed by atoms with Crippen molar-refractivity contribution in [2.45, 2.75) is 32.1 Å². The van der Waals surface area contributed by atoms with E-state index in [0.29, 0.717) is 25.2 Å². The van der Waals surface area contributed by atoms with Gasteiger partial charge >= 0.3 is 0 Å². The molecule has 5 nitrogen and oxygen atoms in total. The molecule has 8 heteroatoms. The van der Waals surface area contributed by atoms with Gasteiger partial charge in [0.2, 0.25) is 5.91 Å². The van der Waals surface area contributed by atoms with Crippen LogP contribution < -0.4 is 4.90 Å². The predicted molar refractivity (Wildman–Crippen MR) is 77.8 cm³/mol. The lowest BCUT2D eigenvalue weighted by Gasteiger charge is -2.42. The Morgan fingerprint density at radius 3 is 2.57 bits per heavy atom. The molecule has 1 aromatic heterocycles. The summed E-state index contributed by atoms with van der Waals surface area (Å²) in [5.41, 5.74) is 0.350. The summed E-state index contributed by atoms with van der Waals surface area (Å²) in [5.74, 6) is -3.30. The highest BCUT2D eigenvalue weighted by Crippen LogP contribution is 2.31. The van der Waals surface area contributed by atoms with E-state index in [1.807, 2.05) is 6.92 Å². The zero-order valence-corrected chi connectivity index (χ0v) is 12.9. The molecule has 0 aliphatic carbocycles. The van der Waals surface area contributed by atoms with Crippen molar-refractivity contribution in [3.05, 3.63) is 17.8 Å². The number of carbonyl (C=O) groups is 1. The van der Waals surface area contributed by atoms with Crippen molar-refractivity contribution in [3.8, 4) is 0 Å². The number of halogens is 3. The molecule has 0 bridgehead atoms. The third-order valence-electron chi connectivity index (χ3n) is 4.52. The number of aromatic nitrogens is 2. The van der Waals surface area contributed by atoms with Crippen LogP contribution in [0, 0.1) is 11.7 Å².